The maximum Gasteiger partial charge on any atom is 0.0667 e. The standard InChI is InChI=1S/C19H32N2O2/c1-14(2)12-19(23)13-20-15(3)16-4-6-17(7-5-16)21-10-8-18(22)9-11-21/h4-7,14-15,18-20,22-23H,8-13H2,1-3H3. The van der Waals surface area contributed by atoms with Crippen molar-refractivity contribution in [1.82, 2.24) is 5.32 Å². The number of hydrogen-bond acceptors (Lipinski definition) is 4. The molecule has 130 valence electrons. The Hall–Kier alpha value is -1.10. The largest absolute Gasteiger partial charge is 0.393 e. The summed E-state index contributed by atoms with van der Waals surface area (Å²) in [5.74, 6) is 0.518. The molecular formula is C19H32N2O2. The number of rotatable bonds is 7. The molecule has 1 heterocycles. The predicted molar refractivity (Wildman–Crippen MR) is 95.8 cm³/mol. The lowest BCUT2D eigenvalue weighted by molar-refractivity contribution is 0.143. The molecule has 1 aromatic carbocycles. The van der Waals surface area contributed by atoms with E-state index in [1.807, 2.05) is 0 Å². The minimum Gasteiger partial charge on any atom is -0.393 e. The molecule has 1 aliphatic heterocycles. The highest BCUT2D eigenvalue weighted by Gasteiger charge is 2.17. The van der Waals surface area contributed by atoms with Crippen LogP contribution in [0, 0.1) is 5.92 Å². The summed E-state index contributed by atoms with van der Waals surface area (Å²) in [7, 11) is 0. The Morgan fingerprint density at radius 2 is 1.74 bits per heavy atom. The van der Waals surface area contributed by atoms with Crippen LogP contribution >= 0.6 is 0 Å². The maximum absolute atomic E-state index is 9.96. The van der Waals surface area contributed by atoms with Gasteiger partial charge in [0, 0.05) is 31.4 Å². The van der Waals surface area contributed by atoms with Gasteiger partial charge in [-0.1, -0.05) is 26.0 Å². The zero-order valence-corrected chi connectivity index (χ0v) is 14.7. The molecular weight excluding hydrogens is 288 g/mol. The molecule has 0 saturated carbocycles. The molecule has 0 spiro atoms. The molecule has 2 atom stereocenters. The number of aliphatic hydroxyl groups is 2. The lowest BCUT2D eigenvalue weighted by Crippen LogP contribution is -2.35. The van der Waals surface area contributed by atoms with Gasteiger partial charge in [0.2, 0.25) is 0 Å². The van der Waals surface area contributed by atoms with Gasteiger partial charge in [-0.05, 0) is 49.8 Å². The van der Waals surface area contributed by atoms with Crippen LogP contribution < -0.4 is 10.2 Å². The Labute approximate surface area is 140 Å². The first-order valence-electron chi connectivity index (χ1n) is 8.90. The first-order valence-corrected chi connectivity index (χ1v) is 8.90. The SMILES string of the molecule is CC(C)CC(O)CNC(C)c1ccc(N2CCC(O)CC2)cc1. The molecule has 1 aromatic rings. The third-order valence-corrected chi connectivity index (χ3v) is 4.63. The minimum absolute atomic E-state index is 0.132. The highest BCUT2D eigenvalue weighted by Crippen LogP contribution is 2.22. The molecule has 0 radical (unpaired) electrons. The van der Waals surface area contributed by atoms with E-state index < -0.39 is 0 Å². The van der Waals surface area contributed by atoms with Crippen molar-refractivity contribution in [3.05, 3.63) is 29.8 Å². The molecule has 1 fully saturated rings. The smallest absolute Gasteiger partial charge is 0.0667 e. The summed E-state index contributed by atoms with van der Waals surface area (Å²) in [6, 6.07) is 8.87. The first kappa shape index (κ1) is 18.2. The van der Waals surface area contributed by atoms with Crippen molar-refractivity contribution in [2.75, 3.05) is 24.5 Å². The second-order valence-electron chi connectivity index (χ2n) is 7.22. The summed E-state index contributed by atoms with van der Waals surface area (Å²) in [5, 5.41) is 23.0. The van der Waals surface area contributed by atoms with E-state index in [9.17, 15) is 10.2 Å². The van der Waals surface area contributed by atoms with Crippen molar-refractivity contribution in [2.24, 2.45) is 5.92 Å². The summed E-state index contributed by atoms with van der Waals surface area (Å²) < 4.78 is 0. The molecule has 4 nitrogen and oxygen atoms in total. The number of aliphatic hydroxyl groups excluding tert-OH is 2. The maximum atomic E-state index is 9.96. The second kappa shape index (κ2) is 8.67. The number of anilines is 1. The third-order valence-electron chi connectivity index (χ3n) is 4.63. The Morgan fingerprint density at radius 1 is 1.13 bits per heavy atom. The van der Waals surface area contributed by atoms with Crippen molar-refractivity contribution in [3.8, 4) is 0 Å². The van der Waals surface area contributed by atoms with E-state index >= 15 is 0 Å². The predicted octanol–water partition coefficient (Wildman–Crippen LogP) is 2.71. The van der Waals surface area contributed by atoms with Gasteiger partial charge in [-0.25, -0.2) is 0 Å². The van der Waals surface area contributed by atoms with Gasteiger partial charge in [-0.2, -0.15) is 0 Å². The van der Waals surface area contributed by atoms with Crippen molar-refractivity contribution < 1.29 is 10.2 Å². The zero-order chi connectivity index (χ0) is 16.8. The average Bonchev–Trinajstić information content (AvgIpc) is 2.53. The number of benzene rings is 1. The third kappa shape index (κ3) is 5.79. The second-order valence-corrected chi connectivity index (χ2v) is 7.22. The fourth-order valence-corrected chi connectivity index (χ4v) is 3.16. The normalized spacial score (nSPS) is 19.1. The summed E-state index contributed by atoms with van der Waals surface area (Å²) in [6.07, 6.45) is 2.13. The van der Waals surface area contributed by atoms with Crippen molar-refractivity contribution in [3.63, 3.8) is 0 Å². The van der Waals surface area contributed by atoms with E-state index in [2.05, 4.69) is 55.3 Å². The van der Waals surface area contributed by atoms with Gasteiger partial charge in [0.1, 0.15) is 0 Å². The quantitative estimate of drug-likeness (QED) is 0.723. The Balaban J connectivity index is 1.84. The van der Waals surface area contributed by atoms with Gasteiger partial charge in [-0.3, -0.25) is 0 Å². The molecule has 2 unspecified atom stereocenters. The Morgan fingerprint density at radius 3 is 2.30 bits per heavy atom. The van der Waals surface area contributed by atoms with E-state index in [0.29, 0.717) is 12.5 Å². The Bertz CT molecular complexity index is 453. The average molecular weight is 320 g/mol. The zero-order valence-electron chi connectivity index (χ0n) is 14.7. The van der Waals surface area contributed by atoms with E-state index in [-0.39, 0.29) is 18.2 Å². The van der Waals surface area contributed by atoms with Crippen LogP contribution in [0.1, 0.15) is 51.6 Å². The van der Waals surface area contributed by atoms with Crippen LogP contribution in [0.5, 0.6) is 0 Å². The molecule has 1 aliphatic rings. The lowest BCUT2D eigenvalue weighted by Gasteiger charge is -2.31. The first-order chi connectivity index (χ1) is 11.0. The molecule has 0 amide bonds. The number of nitrogens with one attached hydrogen (secondary N) is 1. The van der Waals surface area contributed by atoms with Gasteiger partial charge in [0.25, 0.3) is 0 Å². The molecule has 23 heavy (non-hydrogen) atoms. The van der Waals surface area contributed by atoms with E-state index in [1.165, 1.54) is 11.3 Å². The van der Waals surface area contributed by atoms with Crippen molar-refractivity contribution >= 4 is 5.69 Å². The monoisotopic (exact) mass is 320 g/mol. The van der Waals surface area contributed by atoms with Crippen LogP contribution in [-0.4, -0.2) is 42.1 Å². The highest BCUT2D eigenvalue weighted by atomic mass is 16.3. The molecule has 0 bridgehead atoms. The van der Waals surface area contributed by atoms with Crippen LogP contribution in [0.25, 0.3) is 0 Å². The summed E-state index contributed by atoms with van der Waals surface area (Å²) in [6.45, 7) is 8.88. The lowest BCUT2D eigenvalue weighted by atomic mass is 10.0. The van der Waals surface area contributed by atoms with Crippen LogP contribution in [0.4, 0.5) is 5.69 Å². The van der Waals surface area contributed by atoms with Crippen LogP contribution in [0.2, 0.25) is 0 Å². The molecule has 1 saturated heterocycles. The molecule has 0 aliphatic carbocycles. The molecule has 4 heteroatoms. The summed E-state index contributed by atoms with van der Waals surface area (Å²) in [4.78, 5) is 2.33. The minimum atomic E-state index is -0.281. The van der Waals surface area contributed by atoms with E-state index in [4.69, 9.17) is 0 Å². The van der Waals surface area contributed by atoms with E-state index in [0.717, 1.165) is 32.4 Å². The van der Waals surface area contributed by atoms with Gasteiger partial charge >= 0.3 is 0 Å². The molecule has 0 aromatic heterocycles. The highest BCUT2D eigenvalue weighted by molar-refractivity contribution is 5.48. The van der Waals surface area contributed by atoms with Gasteiger partial charge in [-0.15, -0.1) is 0 Å². The van der Waals surface area contributed by atoms with Crippen LogP contribution in [0.15, 0.2) is 24.3 Å². The van der Waals surface area contributed by atoms with Crippen LogP contribution in [-0.2, 0) is 0 Å². The van der Waals surface area contributed by atoms with Gasteiger partial charge in [0.05, 0.1) is 12.2 Å². The fourth-order valence-electron chi connectivity index (χ4n) is 3.16. The topological polar surface area (TPSA) is 55.7 Å². The van der Waals surface area contributed by atoms with Crippen molar-refractivity contribution in [2.45, 2.75) is 58.3 Å². The Kier molecular flexibility index (Phi) is 6.88. The van der Waals surface area contributed by atoms with E-state index in [1.54, 1.807) is 0 Å². The van der Waals surface area contributed by atoms with Gasteiger partial charge < -0.3 is 20.4 Å². The summed E-state index contributed by atoms with van der Waals surface area (Å²) >= 11 is 0. The number of piperidine rings is 1. The summed E-state index contributed by atoms with van der Waals surface area (Å²) in [5.41, 5.74) is 2.47. The number of nitrogens with zero attached hydrogens (tertiary/aromatic N) is 1. The van der Waals surface area contributed by atoms with Gasteiger partial charge in [0.15, 0.2) is 0 Å². The molecule has 2 rings (SSSR count). The number of hydrogen-bond donors (Lipinski definition) is 3. The van der Waals surface area contributed by atoms with Crippen molar-refractivity contribution in [1.29, 1.82) is 0 Å². The molecule has 3 N–H and O–H groups in total. The van der Waals surface area contributed by atoms with Crippen LogP contribution in [0.3, 0.4) is 0 Å². The fraction of sp³-hybridized carbons (Fsp3) is 0.684.